The molecule has 3 fully saturated rings. The Bertz CT molecular complexity index is 848. The van der Waals surface area contributed by atoms with E-state index < -0.39 is 11.6 Å². The number of piperidine rings is 2. The molecule has 1 aromatic heterocycles. The number of hydrogen-bond donors (Lipinski definition) is 0. The van der Waals surface area contributed by atoms with Crippen molar-refractivity contribution in [2.75, 3.05) is 31.1 Å². The van der Waals surface area contributed by atoms with E-state index in [1.54, 1.807) is 6.07 Å². The molecule has 0 unspecified atom stereocenters. The lowest BCUT2D eigenvalue weighted by Crippen LogP contribution is -2.51. The third-order valence-corrected chi connectivity index (χ3v) is 7.46. The minimum Gasteiger partial charge on any atom is -0.355 e. The zero-order valence-electron chi connectivity index (χ0n) is 16.8. The molecule has 0 N–H and O–H groups in total. The maximum Gasteiger partial charge on any atom is 0.151 e. The molecule has 2 aromatic rings. The van der Waals surface area contributed by atoms with Crippen molar-refractivity contribution in [2.45, 2.75) is 51.0 Å². The molecular weight excluding hydrogens is 370 g/mol. The Morgan fingerprint density at radius 2 is 1.59 bits per heavy atom. The molecule has 29 heavy (non-hydrogen) atoms. The Hall–Kier alpha value is -2.08. The van der Waals surface area contributed by atoms with Crippen LogP contribution >= 0.6 is 0 Å². The standard InChI is InChI=1S/C23H28F2N4/c24-17-4-5-19(20(25)16-17)21-6-7-22(27-26-21)29-14-10-23(11-15-29)8-12-28(13-9-23)18-2-1-3-18/h4-7,16,18H,1-3,8-15H2. The molecule has 0 radical (unpaired) electrons. The van der Waals surface area contributed by atoms with Gasteiger partial charge in [0.15, 0.2) is 5.82 Å². The lowest BCUT2D eigenvalue weighted by Gasteiger charge is -2.50. The van der Waals surface area contributed by atoms with Gasteiger partial charge in [-0.15, -0.1) is 10.2 Å². The Balaban J connectivity index is 1.20. The van der Waals surface area contributed by atoms with Crippen molar-refractivity contribution < 1.29 is 8.78 Å². The summed E-state index contributed by atoms with van der Waals surface area (Å²) in [5.41, 5.74) is 1.21. The van der Waals surface area contributed by atoms with Crippen LogP contribution in [0, 0.1) is 17.0 Å². The van der Waals surface area contributed by atoms with Gasteiger partial charge in [0.2, 0.25) is 0 Å². The normalized spacial score (nSPS) is 22.6. The third kappa shape index (κ3) is 3.75. The van der Waals surface area contributed by atoms with Gasteiger partial charge in [0.1, 0.15) is 11.6 Å². The fourth-order valence-corrected chi connectivity index (χ4v) is 5.16. The molecule has 3 heterocycles. The lowest BCUT2D eigenvalue weighted by molar-refractivity contribution is 0.0305. The highest BCUT2D eigenvalue weighted by molar-refractivity contribution is 5.60. The maximum atomic E-state index is 14.0. The molecule has 154 valence electrons. The number of halogens is 2. The summed E-state index contributed by atoms with van der Waals surface area (Å²) in [6, 6.07) is 8.09. The van der Waals surface area contributed by atoms with E-state index in [9.17, 15) is 8.78 Å². The highest BCUT2D eigenvalue weighted by atomic mass is 19.1. The van der Waals surface area contributed by atoms with Crippen LogP contribution in [0.4, 0.5) is 14.6 Å². The van der Waals surface area contributed by atoms with Crippen LogP contribution in [-0.4, -0.2) is 47.3 Å². The first-order valence-corrected chi connectivity index (χ1v) is 10.9. The van der Waals surface area contributed by atoms with E-state index in [1.165, 1.54) is 70.2 Å². The van der Waals surface area contributed by atoms with Gasteiger partial charge in [-0.2, -0.15) is 0 Å². The second-order valence-electron chi connectivity index (χ2n) is 9.01. The predicted molar refractivity (Wildman–Crippen MR) is 110 cm³/mol. The van der Waals surface area contributed by atoms with Crippen LogP contribution in [0.1, 0.15) is 44.9 Å². The molecule has 2 aliphatic heterocycles. The van der Waals surface area contributed by atoms with Gasteiger partial charge in [0.05, 0.1) is 5.69 Å². The van der Waals surface area contributed by atoms with E-state index in [0.717, 1.165) is 31.0 Å². The summed E-state index contributed by atoms with van der Waals surface area (Å²) in [7, 11) is 0. The van der Waals surface area contributed by atoms with Crippen LogP contribution in [0.2, 0.25) is 0 Å². The molecule has 0 atom stereocenters. The van der Waals surface area contributed by atoms with Gasteiger partial charge in [0, 0.05) is 30.8 Å². The summed E-state index contributed by atoms with van der Waals surface area (Å²) >= 11 is 0. The zero-order valence-corrected chi connectivity index (χ0v) is 16.8. The largest absolute Gasteiger partial charge is 0.355 e. The summed E-state index contributed by atoms with van der Waals surface area (Å²) < 4.78 is 27.1. The number of rotatable bonds is 3. The van der Waals surface area contributed by atoms with Crippen molar-refractivity contribution in [1.29, 1.82) is 0 Å². The van der Waals surface area contributed by atoms with Crippen LogP contribution < -0.4 is 4.90 Å². The number of nitrogens with zero attached hydrogens (tertiary/aromatic N) is 4. The zero-order chi connectivity index (χ0) is 19.8. The van der Waals surface area contributed by atoms with Gasteiger partial charge in [-0.1, -0.05) is 6.42 Å². The Labute approximate surface area is 170 Å². The van der Waals surface area contributed by atoms with Crippen LogP contribution in [0.25, 0.3) is 11.3 Å². The molecule has 0 amide bonds. The fraction of sp³-hybridized carbons (Fsp3) is 0.565. The molecule has 4 nitrogen and oxygen atoms in total. The first-order chi connectivity index (χ1) is 14.1. The first-order valence-electron chi connectivity index (χ1n) is 10.9. The highest BCUT2D eigenvalue weighted by Gasteiger charge is 2.39. The first kappa shape index (κ1) is 18.9. The molecule has 3 aliphatic rings. The number of anilines is 1. The van der Waals surface area contributed by atoms with Gasteiger partial charge in [-0.3, -0.25) is 0 Å². The monoisotopic (exact) mass is 398 g/mol. The number of aromatic nitrogens is 2. The second kappa shape index (κ2) is 7.63. The quantitative estimate of drug-likeness (QED) is 0.753. The predicted octanol–water partition coefficient (Wildman–Crippen LogP) is 4.66. The van der Waals surface area contributed by atoms with Crippen molar-refractivity contribution in [3.63, 3.8) is 0 Å². The fourth-order valence-electron chi connectivity index (χ4n) is 5.16. The molecule has 1 aromatic carbocycles. The minimum atomic E-state index is -0.611. The van der Waals surface area contributed by atoms with Crippen molar-refractivity contribution in [3.05, 3.63) is 42.0 Å². The van der Waals surface area contributed by atoms with Gasteiger partial charge in [-0.25, -0.2) is 8.78 Å². The summed E-state index contributed by atoms with van der Waals surface area (Å²) in [6.07, 6.45) is 9.28. The van der Waals surface area contributed by atoms with Gasteiger partial charge in [-0.05, 0) is 81.3 Å². The summed E-state index contributed by atoms with van der Waals surface area (Å²) in [5, 5.41) is 8.54. The summed E-state index contributed by atoms with van der Waals surface area (Å²) in [4.78, 5) is 5.02. The highest BCUT2D eigenvalue weighted by Crippen LogP contribution is 2.43. The minimum absolute atomic E-state index is 0.279. The lowest BCUT2D eigenvalue weighted by atomic mass is 9.70. The van der Waals surface area contributed by atoms with Crippen LogP contribution in [0.15, 0.2) is 30.3 Å². The van der Waals surface area contributed by atoms with Crippen LogP contribution in [0.3, 0.4) is 0 Å². The van der Waals surface area contributed by atoms with Gasteiger partial charge in [0.25, 0.3) is 0 Å². The van der Waals surface area contributed by atoms with Crippen molar-refractivity contribution in [3.8, 4) is 11.3 Å². The maximum absolute atomic E-state index is 14.0. The van der Waals surface area contributed by atoms with Crippen LogP contribution in [-0.2, 0) is 0 Å². The molecule has 0 bridgehead atoms. The van der Waals surface area contributed by atoms with E-state index in [-0.39, 0.29) is 5.56 Å². The van der Waals surface area contributed by atoms with Crippen molar-refractivity contribution in [2.24, 2.45) is 5.41 Å². The molecule has 1 saturated carbocycles. The third-order valence-electron chi connectivity index (χ3n) is 7.46. The Morgan fingerprint density at radius 1 is 0.862 bits per heavy atom. The number of hydrogen-bond acceptors (Lipinski definition) is 4. The van der Waals surface area contributed by atoms with E-state index in [1.807, 2.05) is 6.07 Å². The molecule has 1 aliphatic carbocycles. The van der Waals surface area contributed by atoms with Crippen molar-refractivity contribution in [1.82, 2.24) is 15.1 Å². The van der Waals surface area contributed by atoms with Crippen molar-refractivity contribution >= 4 is 5.82 Å². The van der Waals surface area contributed by atoms with Gasteiger partial charge < -0.3 is 9.80 Å². The summed E-state index contributed by atoms with van der Waals surface area (Å²) in [6.45, 7) is 4.54. The molecule has 5 rings (SSSR count). The Morgan fingerprint density at radius 3 is 2.17 bits per heavy atom. The van der Waals surface area contributed by atoms with E-state index >= 15 is 0 Å². The van der Waals surface area contributed by atoms with E-state index in [4.69, 9.17) is 0 Å². The average Bonchev–Trinajstić information content (AvgIpc) is 2.70. The van der Waals surface area contributed by atoms with E-state index in [2.05, 4.69) is 20.0 Å². The number of likely N-dealkylation sites (tertiary alicyclic amines) is 1. The molecule has 2 saturated heterocycles. The topological polar surface area (TPSA) is 32.3 Å². The second-order valence-corrected chi connectivity index (χ2v) is 9.01. The SMILES string of the molecule is Fc1ccc(-c2ccc(N3CCC4(CC3)CCN(C3CCC3)CC4)nn2)c(F)c1. The molecule has 6 heteroatoms. The smallest absolute Gasteiger partial charge is 0.151 e. The van der Waals surface area contributed by atoms with Gasteiger partial charge >= 0.3 is 0 Å². The van der Waals surface area contributed by atoms with E-state index in [0.29, 0.717) is 11.1 Å². The average molecular weight is 399 g/mol. The van der Waals surface area contributed by atoms with Crippen LogP contribution in [0.5, 0.6) is 0 Å². The molecular formula is C23H28F2N4. The number of benzene rings is 1. The Kier molecular flexibility index (Phi) is 4.98. The summed E-state index contributed by atoms with van der Waals surface area (Å²) in [5.74, 6) is -0.352. The molecule has 1 spiro atoms.